The van der Waals surface area contributed by atoms with E-state index in [-0.39, 0.29) is 0 Å². The largest absolute Gasteiger partial charge is 0.0683 e. The van der Waals surface area contributed by atoms with Crippen molar-refractivity contribution in [2.45, 2.75) is 68.2 Å². The zero-order chi connectivity index (χ0) is 23.4. The van der Waals surface area contributed by atoms with Crippen LogP contribution in [0.4, 0.5) is 0 Å². The molecular formula is C32H38. The molecule has 3 aliphatic carbocycles. The van der Waals surface area contributed by atoms with E-state index in [2.05, 4.69) is 60.7 Å². The van der Waals surface area contributed by atoms with Crippen molar-refractivity contribution in [2.24, 2.45) is 0 Å². The van der Waals surface area contributed by atoms with E-state index < -0.39 is 0 Å². The van der Waals surface area contributed by atoms with Gasteiger partial charge in [0.2, 0.25) is 0 Å². The number of hydrogen-bond acceptors (Lipinski definition) is 0. The SMILES string of the molecule is CC.CC.CC.CC.c1cc2c3c(c1)-c1cccc4c1-c1c(ccc5ccc(c-3c15)C2)C4. The summed E-state index contributed by atoms with van der Waals surface area (Å²) in [5, 5.41) is 2.89. The molecule has 0 heterocycles. The van der Waals surface area contributed by atoms with Gasteiger partial charge < -0.3 is 0 Å². The third kappa shape index (κ3) is 3.28. The van der Waals surface area contributed by atoms with E-state index in [0.29, 0.717) is 0 Å². The molecule has 0 saturated heterocycles. The molecule has 3 aliphatic rings. The predicted octanol–water partition coefficient (Wildman–Crippen LogP) is 10.1. The fraction of sp³-hybridized carbons (Fsp3) is 0.312. The molecule has 0 radical (unpaired) electrons. The van der Waals surface area contributed by atoms with Gasteiger partial charge in [0.25, 0.3) is 0 Å². The molecule has 0 amide bonds. The van der Waals surface area contributed by atoms with Crippen LogP contribution >= 0.6 is 0 Å². The summed E-state index contributed by atoms with van der Waals surface area (Å²) in [7, 11) is 0. The highest BCUT2D eigenvalue weighted by atomic mass is 14.4. The van der Waals surface area contributed by atoms with E-state index in [4.69, 9.17) is 0 Å². The zero-order valence-corrected chi connectivity index (χ0v) is 21.2. The number of fused-ring (bicyclic) bond motifs is 1. The summed E-state index contributed by atoms with van der Waals surface area (Å²) < 4.78 is 0. The minimum Gasteiger partial charge on any atom is -0.0683 e. The van der Waals surface area contributed by atoms with Crippen LogP contribution < -0.4 is 0 Å². The van der Waals surface area contributed by atoms with Crippen LogP contribution in [0.15, 0.2) is 60.7 Å². The normalized spacial score (nSPS) is 11.5. The number of rotatable bonds is 0. The maximum atomic E-state index is 2.35. The lowest BCUT2D eigenvalue weighted by atomic mass is 9.92. The molecule has 166 valence electrons. The Morgan fingerprint density at radius 1 is 0.406 bits per heavy atom. The van der Waals surface area contributed by atoms with Gasteiger partial charge in [-0.2, -0.15) is 0 Å². The van der Waals surface area contributed by atoms with Crippen LogP contribution in [0.25, 0.3) is 44.2 Å². The predicted molar refractivity (Wildman–Crippen MR) is 145 cm³/mol. The summed E-state index contributed by atoms with van der Waals surface area (Å²) in [6.07, 6.45) is 2.15. The molecule has 0 unspecified atom stereocenters. The van der Waals surface area contributed by atoms with Crippen LogP contribution in [-0.4, -0.2) is 0 Å². The molecule has 32 heavy (non-hydrogen) atoms. The van der Waals surface area contributed by atoms with Crippen LogP contribution in [0.1, 0.15) is 77.6 Å². The van der Waals surface area contributed by atoms with Crippen molar-refractivity contribution >= 4 is 10.8 Å². The van der Waals surface area contributed by atoms with E-state index in [1.54, 1.807) is 0 Å². The Kier molecular flexibility index (Phi) is 7.56. The smallest absolute Gasteiger partial charge is 0.00130 e. The standard InChI is InChI=1S/C24H14.4C2H6/c1-3-14-11-16-9-7-13-8-10-17-12-15-4-2-6-19-18(5-1)20(14)23(16)22(13)24(17)21(15)19;4*1-2/h1-10H,11-12H2;4*1-2H3. The van der Waals surface area contributed by atoms with Crippen molar-refractivity contribution in [3.05, 3.63) is 82.9 Å². The van der Waals surface area contributed by atoms with Crippen molar-refractivity contribution in [1.29, 1.82) is 0 Å². The molecular weight excluding hydrogens is 384 g/mol. The molecule has 0 N–H and O–H groups in total. The Labute approximate surface area is 195 Å². The summed E-state index contributed by atoms with van der Waals surface area (Å²) in [6, 6.07) is 23.1. The van der Waals surface area contributed by atoms with E-state index in [1.807, 2.05) is 55.4 Å². The molecule has 0 aliphatic heterocycles. The maximum Gasteiger partial charge on any atom is -0.00130 e. The van der Waals surface area contributed by atoms with Gasteiger partial charge in [-0.1, -0.05) is 116 Å². The highest BCUT2D eigenvalue weighted by Crippen LogP contribution is 2.56. The third-order valence-electron chi connectivity index (χ3n) is 6.21. The van der Waals surface area contributed by atoms with Crippen LogP contribution in [0.2, 0.25) is 0 Å². The summed E-state index contributed by atoms with van der Waals surface area (Å²) in [5.74, 6) is 0. The van der Waals surface area contributed by atoms with Gasteiger partial charge >= 0.3 is 0 Å². The second-order valence-corrected chi connectivity index (χ2v) is 7.33. The summed E-state index contributed by atoms with van der Waals surface area (Å²) in [4.78, 5) is 0. The first kappa shape index (κ1) is 23.8. The van der Waals surface area contributed by atoms with E-state index in [0.717, 1.165) is 12.8 Å². The van der Waals surface area contributed by atoms with Crippen molar-refractivity contribution in [2.75, 3.05) is 0 Å². The molecule has 0 bridgehead atoms. The quantitative estimate of drug-likeness (QED) is 0.228. The molecule has 0 nitrogen and oxygen atoms in total. The average Bonchev–Trinajstić information content (AvgIpc) is 3.43. The van der Waals surface area contributed by atoms with Crippen LogP contribution in [0.3, 0.4) is 0 Å². The second-order valence-electron chi connectivity index (χ2n) is 7.33. The van der Waals surface area contributed by atoms with Gasteiger partial charge in [0.15, 0.2) is 0 Å². The zero-order valence-electron chi connectivity index (χ0n) is 21.2. The molecule has 0 heteroatoms. The molecule has 0 spiro atoms. The second kappa shape index (κ2) is 10.2. The Balaban J connectivity index is 0.000000330. The van der Waals surface area contributed by atoms with E-state index in [1.165, 1.54) is 66.4 Å². The molecule has 4 aromatic rings. The molecule has 4 aromatic carbocycles. The van der Waals surface area contributed by atoms with Gasteiger partial charge in [0.1, 0.15) is 0 Å². The first-order valence-corrected chi connectivity index (χ1v) is 12.7. The maximum absolute atomic E-state index is 2.35. The van der Waals surface area contributed by atoms with Crippen molar-refractivity contribution in [3.8, 4) is 33.4 Å². The first-order valence-electron chi connectivity index (χ1n) is 12.7. The monoisotopic (exact) mass is 422 g/mol. The minimum absolute atomic E-state index is 1.08. The van der Waals surface area contributed by atoms with Gasteiger partial charge in [0, 0.05) is 0 Å². The van der Waals surface area contributed by atoms with Crippen LogP contribution in [0.5, 0.6) is 0 Å². The van der Waals surface area contributed by atoms with Gasteiger partial charge in [-0.25, -0.2) is 0 Å². The van der Waals surface area contributed by atoms with Crippen LogP contribution in [-0.2, 0) is 12.8 Å². The summed E-state index contributed by atoms with van der Waals surface area (Å²) in [6.45, 7) is 16.0. The molecule has 7 rings (SSSR count). The highest BCUT2D eigenvalue weighted by molar-refractivity contribution is 6.18. The fourth-order valence-corrected chi connectivity index (χ4v) is 5.31. The van der Waals surface area contributed by atoms with Crippen molar-refractivity contribution < 1.29 is 0 Å². The van der Waals surface area contributed by atoms with Gasteiger partial charge in [0.05, 0.1) is 0 Å². The first-order chi connectivity index (χ1) is 15.9. The molecule has 0 saturated carbocycles. The minimum atomic E-state index is 1.08. The molecule has 0 atom stereocenters. The Morgan fingerprint density at radius 2 is 0.781 bits per heavy atom. The van der Waals surface area contributed by atoms with Crippen molar-refractivity contribution in [3.63, 3.8) is 0 Å². The van der Waals surface area contributed by atoms with E-state index in [9.17, 15) is 0 Å². The Hall–Kier alpha value is -2.86. The molecule has 0 aromatic heterocycles. The average molecular weight is 423 g/mol. The highest BCUT2D eigenvalue weighted by Gasteiger charge is 2.33. The third-order valence-corrected chi connectivity index (χ3v) is 6.21. The summed E-state index contributed by atoms with van der Waals surface area (Å²) >= 11 is 0. The topological polar surface area (TPSA) is 0 Å². The van der Waals surface area contributed by atoms with Gasteiger partial charge in [-0.05, 0) is 79.2 Å². The molecule has 0 fully saturated rings. The lowest BCUT2D eigenvalue weighted by Gasteiger charge is -2.11. The van der Waals surface area contributed by atoms with Gasteiger partial charge in [-0.15, -0.1) is 0 Å². The fourth-order valence-electron chi connectivity index (χ4n) is 5.31. The van der Waals surface area contributed by atoms with Crippen molar-refractivity contribution in [1.82, 2.24) is 0 Å². The lowest BCUT2D eigenvalue weighted by Crippen LogP contribution is -1.88. The lowest BCUT2D eigenvalue weighted by molar-refractivity contribution is 1.27. The Bertz CT molecular complexity index is 1150. The van der Waals surface area contributed by atoms with Crippen LogP contribution in [0, 0.1) is 0 Å². The Morgan fingerprint density at radius 3 is 1.19 bits per heavy atom. The van der Waals surface area contributed by atoms with E-state index >= 15 is 0 Å². The summed E-state index contributed by atoms with van der Waals surface area (Å²) in [5.41, 5.74) is 14.9. The van der Waals surface area contributed by atoms with Gasteiger partial charge in [-0.3, -0.25) is 0 Å². The number of benzene rings is 4. The number of hydrogen-bond donors (Lipinski definition) is 0.